The van der Waals surface area contributed by atoms with Gasteiger partial charge in [0.05, 0.1) is 25.3 Å². The van der Waals surface area contributed by atoms with E-state index in [9.17, 15) is 93.8 Å². The fraction of sp³-hybridized carbons (Fsp3) is 0.600. The predicted octanol–water partition coefficient (Wildman–Crippen LogP) is 8.00. The second-order valence-electron chi connectivity index (χ2n) is 12.1. The summed E-state index contributed by atoms with van der Waals surface area (Å²) in [5.74, 6) is -59.8. The smallest absolute Gasteiger partial charge is 0.460 e. The summed E-state index contributed by atoms with van der Waals surface area (Å²) in [6.45, 7) is -4.31. The Morgan fingerprint density at radius 2 is 1.43 bits per heavy atom. The SMILES string of the molecule is C#CCN(CC(=O)OCCC(F)(F)C(F)(F)C(F)(F)C(F)(F)C(F)(F)C(F)(F)C(F)(F)C(F)(F)F)C(=O)c1cccc(N2C(=O)C[C@H](CCCCN=[N+]=[N-])NC2=O)c1. The van der Waals surface area contributed by atoms with E-state index in [2.05, 4.69) is 20.1 Å². The normalized spacial score (nSPS) is 16.3. The van der Waals surface area contributed by atoms with Crippen molar-refractivity contribution in [1.29, 1.82) is 0 Å². The van der Waals surface area contributed by atoms with Crippen molar-refractivity contribution in [1.82, 2.24) is 10.2 Å². The highest BCUT2D eigenvalue weighted by Crippen LogP contribution is 2.64. The molecule has 1 aromatic carbocycles. The van der Waals surface area contributed by atoms with E-state index in [0.29, 0.717) is 29.1 Å². The zero-order valence-electron chi connectivity index (χ0n) is 28.5. The van der Waals surface area contributed by atoms with Crippen LogP contribution in [0, 0.1) is 12.3 Å². The standard InChI is InChI=1S/C30H25F17N6O5/c1-2-11-52(21(56)16-6-5-8-18(13-16)53-19(54)14-17(50-22(53)57)7-3-4-10-49-51-48)15-20(55)58-12-9-23(31,32)24(33,34)25(35,36)26(37,38)27(39,40)28(41,42)29(43,44)30(45,46)47/h1,5-6,8,13,17H,3-4,7,9-12,14-15H2,(H,50,57)/t17-/m0/s1. The first-order valence-electron chi connectivity index (χ1n) is 15.6. The van der Waals surface area contributed by atoms with Crippen molar-refractivity contribution >= 4 is 29.5 Å². The molecule has 1 aliphatic heterocycles. The highest BCUT2D eigenvalue weighted by atomic mass is 19.4. The predicted molar refractivity (Wildman–Crippen MR) is 160 cm³/mol. The molecule has 1 fully saturated rings. The van der Waals surface area contributed by atoms with E-state index in [4.69, 9.17) is 12.0 Å². The number of alkyl halides is 17. The summed E-state index contributed by atoms with van der Waals surface area (Å²) in [5.41, 5.74) is 7.67. The lowest BCUT2D eigenvalue weighted by molar-refractivity contribution is -0.461. The maximum atomic E-state index is 14.2. The second kappa shape index (κ2) is 17.3. The Morgan fingerprint density at radius 3 is 1.95 bits per heavy atom. The Hall–Kier alpha value is -5.22. The Kier molecular flexibility index (Phi) is 14.6. The van der Waals surface area contributed by atoms with Crippen LogP contribution in [0.5, 0.6) is 0 Å². The minimum absolute atomic E-state index is 0.169. The molecule has 0 saturated carbocycles. The Balaban J connectivity index is 2.18. The first kappa shape index (κ1) is 48.9. The molecule has 1 N–H and O–H groups in total. The average molecular weight is 873 g/mol. The summed E-state index contributed by atoms with van der Waals surface area (Å²) >= 11 is 0. The number of terminal acetylenes is 1. The monoisotopic (exact) mass is 872 g/mol. The van der Waals surface area contributed by atoms with Crippen LogP contribution in [0.3, 0.4) is 0 Å². The van der Waals surface area contributed by atoms with Gasteiger partial charge in [-0.05, 0) is 36.6 Å². The van der Waals surface area contributed by atoms with Gasteiger partial charge in [-0.2, -0.15) is 74.6 Å². The van der Waals surface area contributed by atoms with Gasteiger partial charge in [-0.3, -0.25) is 14.4 Å². The van der Waals surface area contributed by atoms with Gasteiger partial charge in [0.25, 0.3) is 5.91 Å². The number of rotatable bonds is 19. The van der Waals surface area contributed by atoms with Crippen molar-refractivity contribution in [3.05, 3.63) is 40.3 Å². The van der Waals surface area contributed by atoms with Crippen LogP contribution in [0.2, 0.25) is 0 Å². The Bertz CT molecular complexity index is 1780. The molecular weight excluding hydrogens is 847 g/mol. The first-order valence-corrected chi connectivity index (χ1v) is 15.6. The lowest BCUT2D eigenvalue weighted by Crippen LogP contribution is -2.74. The number of hydrogen-bond donors (Lipinski definition) is 1. The number of carbonyl (C=O) groups excluding carboxylic acids is 4. The molecule has 0 bridgehead atoms. The molecule has 1 aromatic rings. The van der Waals surface area contributed by atoms with Crippen LogP contribution in [0.1, 0.15) is 42.5 Å². The van der Waals surface area contributed by atoms with Crippen molar-refractivity contribution < 1.29 is 98.6 Å². The maximum Gasteiger partial charge on any atom is 0.460 e. The molecule has 2 rings (SSSR count). The van der Waals surface area contributed by atoms with E-state index in [0.717, 1.165) is 18.2 Å². The summed E-state index contributed by atoms with van der Waals surface area (Å²) in [7, 11) is 0. The molecule has 0 radical (unpaired) electrons. The first-order chi connectivity index (χ1) is 26.3. The van der Waals surface area contributed by atoms with Gasteiger partial charge in [-0.1, -0.05) is 23.5 Å². The number of unbranched alkanes of at least 4 members (excludes halogenated alkanes) is 1. The number of carbonyl (C=O) groups is 4. The molecule has 0 spiro atoms. The molecule has 28 heteroatoms. The highest BCUT2D eigenvalue weighted by Gasteiger charge is 2.95. The number of nitrogens with one attached hydrogen (secondary N) is 1. The summed E-state index contributed by atoms with van der Waals surface area (Å²) in [6.07, 6.45) is -4.79. The molecule has 11 nitrogen and oxygen atoms in total. The average Bonchev–Trinajstić information content (AvgIpc) is 3.09. The van der Waals surface area contributed by atoms with E-state index < -0.39 is 109 Å². The minimum Gasteiger partial charge on any atom is -0.464 e. The fourth-order valence-electron chi connectivity index (χ4n) is 4.88. The number of urea groups is 1. The highest BCUT2D eigenvalue weighted by molar-refractivity contribution is 6.16. The summed E-state index contributed by atoms with van der Waals surface area (Å²) < 4.78 is 233. The molecule has 0 unspecified atom stereocenters. The van der Waals surface area contributed by atoms with Crippen LogP contribution in [-0.4, -0.2) is 109 Å². The fourth-order valence-corrected chi connectivity index (χ4v) is 4.88. The zero-order chi connectivity index (χ0) is 44.9. The topological polar surface area (TPSA) is 145 Å². The van der Waals surface area contributed by atoms with Gasteiger partial charge in [-0.25, -0.2) is 9.69 Å². The largest absolute Gasteiger partial charge is 0.464 e. The Labute approximate surface area is 313 Å². The van der Waals surface area contributed by atoms with Crippen molar-refractivity contribution in [3.63, 3.8) is 0 Å². The zero-order valence-corrected chi connectivity index (χ0v) is 28.5. The number of azide groups is 1. The van der Waals surface area contributed by atoms with Gasteiger partial charge in [0.15, 0.2) is 0 Å². The van der Waals surface area contributed by atoms with Gasteiger partial charge in [0.1, 0.15) is 6.54 Å². The maximum absolute atomic E-state index is 14.2. The lowest BCUT2D eigenvalue weighted by Gasteiger charge is -2.42. The van der Waals surface area contributed by atoms with Crippen LogP contribution in [-0.2, 0) is 14.3 Å². The third-order valence-corrected chi connectivity index (χ3v) is 8.03. The van der Waals surface area contributed by atoms with Crippen LogP contribution in [0.4, 0.5) is 85.1 Å². The molecule has 324 valence electrons. The third-order valence-electron chi connectivity index (χ3n) is 8.03. The van der Waals surface area contributed by atoms with Crippen LogP contribution in [0.15, 0.2) is 29.4 Å². The van der Waals surface area contributed by atoms with E-state index >= 15 is 0 Å². The summed E-state index contributed by atoms with van der Waals surface area (Å²) in [4.78, 5) is 54.6. The quantitative estimate of drug-likeness (QED) is 0.0285. The molecule has 0 aromatic heterocycles. The van der Waals surface area contributed by atoms with Gasteiger partial charge >= 0.3 is 59.6 Å². The van der Waals surface area contributed by atoms with Gasteiger partial charge in [0.2, 0.25) is 5.91 Å². The van der Waals surface area contributed by atoms with Gasteiger partial charge in [0, 0.05) is 29.5 Å². The number of halogens is 17. The van der Waals surface area contributed by atoms with Crippen LogP contribution >= 0.6 is 0 Å². The summed E-state index contributed by atoms with van der Waals surface area (Å²) in [5, 5.41) is 5.90. The number of hydrogen-bond acceptors (Lipinski definition) is 6. The van der Waals surface area contributed by atoms with E-state index in [1.165, 1.54) is 6.07 Å². The van der Waals surface area contributed by atoms with E-state index in [-0.39, 0.29) is 18.7 Å². The summed E-state index contributed by atoms with van der Waals surface area (Å²) in [6, 6.07) is 2.77. The Morgan fingerprint density at radius 1 is 0.879 bits per heavy atom. The van der Waals surface area contributed by atoms with Crippen molar-refractivity contribution in [2.24, 2.45) is 5.11 Å². The van der Waals surface area contributed by atoms with Gasteiger partial charge < -0.3 is 15.0 Å². The third kappa shape index (κ3) is 9.23. The molecule has 1 atom stereocenters. The van der Waals surface area contributed by atoms with Crippen molar-refractivity contribution in [2.45, 2.75) is 85.8 Å². The molecule has 1 heterocycles. The molecular formula is C30H25F17N6O5. The van der Waals surface area contributed by atoms with Crippen LogP contribution in [0.25, 0.3) is 10.4 Å². The number of nitrogens with zero attached hydrogens (tertiary/aromatic N) is 5. The molecule has 4 amide bonds. The van der Waals surface area contributed by atoms with Crippen molar-refractivity contribution in [3.8, 4) is 12.3 Å². The molecule has 1 aliphatic rings. The van der Waals surface area contributed by atoms with Crippen LogP contribution < -0.4 is 10.2 Å². The second-order valence-corrected chi connectivity index (χ2v) is 12.1. The minimum atomic E-state index is -8.80. The van der Waals surface area contributed by atoms with Crippen molar-refractivity contribution in [2.75, 3.05) is 31.1 Å². The van der Waals surface area contributed by atoms with Gasteiger partial charge in [-0.15, -0.1) is 6.42 Å². The van der Waals surface area contributed by atoms with E-state index in [1.54, 1.807) is 0 Å². The molecule has 1 saturated heterocycles. The number of ether oxygens (including phenoxy) is 1. The number of benzene rings is 1. The number of esters is 1. The number of anilines is 1. The molecule has 58 heavy (non-hydrogen) atoms. The lowest BCUT2D eigenvalue weighted by atomic mass is 9.88. The number of imide groups is 1. The van der Waals surface area contributed by atoms with E-state index in [1.807, 2.05) is 5.92 Å². The molecule has 0 aliphatic carbocycles. The number of amides is 4.